The molecular formula is C10H9N3O2. The maximum Gasteiger partial charge on any atom is 0.288 e. The van der Waals surface area contributed by atoms with Gasteiger partial charge >= 0.3 is 0 Å². The summed E-state index contributed by atoms with van der Waals surface area (Å²) in [6.07, 6.45) is 0. The monoisotopic (exact) mass is 203 g/mol. The molecule has 5 heteroatoms. The van der Waals surface area contributed by atoms with Gasteiger partial charge in [-0.15, -0.1) is 0 Å². The highest BCUT2D eigenvalue weighted by atomic mass is 16.5. The summed E-state index contributed by atoms with van der Waals surface area (Å²) in [5, 5.41) is 17.9. The molecule has 0 bridgehead atoms. The number of hydrogen-bond acceptors (Lipinski definition) is 4. The molecule has 1 amide bonds. The van der Waals surface area contributed by atoms with Gasteiger partial charge in [0, 0.05) is 5.56 Å². The highest BCUT2D eigenvalue weighted by Gasteiger charge is 2.07. The summed E-state index contributed by atoms with van der Waals surface area (Å²) in [4.78, 5) is 11.4. The van der Waals surface area contributed by atoms with Crippen molar-refractivity contribution in [2.24, 2.45) is 0 Å². The highest BCUT2D eigenvalue weighted by Crippen LogP contribution is 2.02. The van der Waals surface area contributed by atoms with E-state index in [-0.39, 0.29) is 6.02 Å². The minimum absolute atomic E-state index is 0.315. The molecular weight excluding hydrogens is 194 g/mol. The number of nitrogens with zero attached hydrogens (tertiary/aromatic N) is 1. The summed E-state index contributed by atoms with van der Waals surface area (Å²) in [6, 6.07) is 7.72. The van der Waals surface area contributed by atoms with E-state index in [0.29, 0.717) is 11.1 Å². The van der Waals surface area contributed by atoms with Crippen LogP contribution in [0.5, 0.6) is 0 Å². The quantitative estimate of drug-likeness (QED) is 0.524. The lowest BCUT2D eigenvalue weighted by Gasteiger charge is -2.04. The summed E-state index contributed by atoms with van der Waals surface area (Å²) >= 11 is 0. The van der Waals surface area contributed by atoms with Crippen molar-refractivity contribution in [3.05, 3.63) is 35.4 Å². The molecule has 0 aromatic heterocycles. The van der Waals surface area contributed by atoms with Gasteiger partial charge in [0.2, 0.25) is 0 Å². The second-order valence-corrected chi connectivity index (χ2v) is 2.68. The second-order valence-electron chi connectivity index (χ2n) is 2.68. The van der Waals surface area contributed by atoms with Crippen molar-refractivity contribution in [2.75, 3.05) is 7.11 Å². The Hall–Kier alpha value is -2.35. The largest absolute Gasteiger partial charge is 0.468 e. The van der Waals surface area contributed by atoms with E-state index in [2.05, 4.69) is 10.1 Å². The van der Waals surface area contributed by atoms with Crippen molar-refractivity contribution in [1.29, 1.82) is 10.7 Å². The Balaban J connectivity index is 2.75. The number of nitrogens with one attached hydrogen (secondary N) is 2. The molecule has 0 fully saturated rings. The lowest BCUT2D eigenvalue weighted by atomic mass is 10.1. The van der Waals surface area contributed by atoms with Crippen LogP contribution in [0.2, 0.25) is 0 Å². The number of ether oxygens (including phenoxy) is 1. The summed E-state index contributed by atoms with van der Waals surface area (Å²) < 4.78 is 4.49. The van der Waals surface area contributed by atoms with Crippen molar-refractivity contribution < 1.29 is 9.53 Å². The van der Waals surface area contributed by atoms with Crippen LogP contribution in [0.1, 0.15) is 15.9 Å². The number of carbonyl (C=O) groups excluding carboxylic acids is 1. The van der Waals surface area contributed by atoms with Crippen LogP contribution >= 0.6 is 0 Å². The summed E-state index contributed by atoms with van der Waals surface area (Å²) in [5.74, 6) is -0.439. The minimum atomic E-state index is -0.439. The highest BCUT2D eigenvalue weighted by molar-refractivity contribution is 6.03. The minimum Gasteiger partial charge on any atom is -0.468 e. The van der Waals surface area contributed by atoms with E-state index in [0.717, 1.165) is 0 Å². The van der Waals surface area contributed by atoms with E-state index >= 15 is 0 Å². The first-order valence-electron chi connectivity index (χ1n) is 4.11. The fourth-order valence-electron chi connectivity index (χ4n) is 0.922. The molecule has 0 aliphatic rings. The SMILES string of the molecule is COC(=N)NC(=O)c1ccc(C#N)cc1. The van der Waals surface area contributed by atoms with Crippen LogP contribution in [0.3, 0.4) is 0 Å². The van der Waals surface area contributed by atoms with Crippen LogP contribution in [0.15, 0.2) is 24.3 Å². The molecule has 0 saturated heterocycles. The molecule has 1 aromatic rings. The maximum atomic E-state index is 11.4. The van der Waals surface area contributed by atoms with Gasteiger partial charge in [0.1, 0.15) is 0 Å². The molecule has 0 atom stereocenters. The van der Waals surface area contributed by atoms with Gasteiger partial charge in [0.25, 0.3) is 11.9 Å². The van der Waals surface area contributed by atoms with Crippen molar-refractivity contribution >= 4 is 11.9 Å². The first-order valence-corrected chi connectivity index (χ1v) is 4.11. The van der Waals surface area contributed by atoms with Gasteiger partial charge in [0.15, 0.2) is 0 Å². The third-order valence-electron chi connectivity index (χ3n) is 1.71. The Morgan fingerprint density at radius 1 is 1.47 bits per heavy atom. The Bertz CT molecular complexity index is 417. The third kappa shape index (κ3) is 2.81. The Morgan fingerprint density at radius 3 is 2.53 bits per heavy atom. The molecule has 0 spiro atoms. The first kappa shape index (κ1) is 10.7. The van der Waals surface area contributed by atoms with Gasteiger partial charge in [-0.1, -0.05) is 0 Å². The normalized spacial score (nSPS) is 8.80. The average Bonchev–Trinajstić information content (AvgIpc) is 2.29. The van der Waals surface area contributed by atoms with Crippen LogP contribution in [0.25, 0.3) is 0 Å². The van der Waals surface area contributed by atoms with E-state index < -0.39 is 5.91 Å². The molecule has 0 aliphatic heterocycles. The summed E-state index contributed by atoms with van der Waals surface area (Å²) in [5.41, 5.74) is 0.851. The number of hydrogen-bond donors (Lipinski definition) is 2. The molecule has 0 saturated carbocycles. The number of nitriles is 1. The molecule has 2 N–H and O–H groups in total. The Morgan fingerprint density at radius 2 is 2.07 bits per heavy atom. The van der Waals surface area contributed by atoms with Crippen LogP contribution in [0.4, 0.5) is 0 Å². The summed E-state index contributed by atoms with van der Waals surface area (Å²) in [6.45, 7) is 0. The van der Waals surface area contributed by atoms with Crippen molar-refractivity contribution in [1.82, 2.24) is 5.32 Å². The number of benzene rings is 1. The van der Waals surface area contributed by atoms with Crippen LogP contribution in [0, 0.1) is 16.7 Å². The van der Waals surface area contributed by atoms with Crippen molar-refractivity contribution in [3.8, 4) is 6.07 Å². The zero-order valence-corrected chi connectivity index (χ0v) is 8.07. The maximum absolute atomic E-state index is 11.4. The predicted octanol–water partition coefficient (Wildman–Crippen LogP) is 0.869. The third-order valence-corrected chi connectivity index (χ3v) is 1.71. The smallest absolute Gasteiger partial charge is 0.288 e. The van der Waals surface area contributed by atoms with Crippen LogP contribution in [-0.2, 0) is 4.74 Å². The van der Waals surface area contributed by atoms with Gasteiger partial charge in [-0.05, 0) is 24.3 Å². The number of amides is 1. The van der Waals surface area contributed by atoms with Gasteiger partial charge in [0.05, 0.1) is 18.7 Å². The fraction of sp³-hybridized carbons (Fsp3) is 0.100. The number of amidine groups is 1. The molecule has 5 nitrogen and oxygen atoms in total. The Labute approximate surface area is 86.8 Å². The lowest BCUT2D eigenvalue weighted by Crippen LogP contribution is -2.30. The first-order chi connectivity index (χ1) is 7.17. The van der Waals surface area contributed by atoms with E-state index in [1.807, 2.05) is 6.07 Å². The van der Waals surface area contributed by atoms with Gasteiger partial charge in [-0.3, -0.25) is 15.5 Å². The van der Waals surface area contributed by atoms with E-state index in [1.165, 1.54) is 31.4 Å². The van der Waals surface area contributed by atoms with Gasteiger partial charge < -0.3 is 4.74 Å². The average molecular weight is 203 g/mol. The van der Waals surface area contributed by atoms with Crippen LogP contribution in [-0.4, -0.2) is 19.0 Å². The summed E-state index contributed by atoms with van der Waals surface area (Å²) in [7, 11) is 1.29. The van der Waals surface area contributed by atoms with Crippen molar-refractivity contribution in [2.45, 2.75) is 0 Å². The topological polar surface area (TPSA) is 86.0 Å². The van der Waals surface area contributed by atoms with E-state index in [4.69, 9.17) is 10.7 Å². The lowest BCUT2D eigenvalue weighted by molar-refractivity contribution is 0.0968. The number of methoxy groups -OCH3 is 1. The van der Waals surface area contributed by atoms with Crippen LogP contribution < -0.4 is 5.32 Å². The van der Waals surface area contributed by atoms with E-state index in [1.54, 1.807) is 0 Å². The molecule has 0 radical (unpaired) electrons. The van der Waals surface area contributed by atoms with Crippen molar-refractivity contribution in [3.63, 3.8) is 0 Å². The fourth-order valence-corrected chi connectivity index (χ4v) is 0.922. The van der Waals surface area contributed by atoms with Gasteiger partial charge in [-0.2, -0.15) is 5.26 Å². The molecule has 1 aromatic carbocycles. The molecule has 0 aliphatic carbocycles. The molecule has 1 rings (SSSR count). The Kier molecular flexibility index (Phi) is 3.41. The molecule has 0 unspecified atom stereocenters. The number of carbonyl (C=O) groups is 1. The predicted molar refractivity (Wildman–Crippen MR) is 53.4 cm³/mol. The number of rotatable bonds is 1. The van der Waals surface area contributed by atoms with Gasteiger partial charge in [-0.25, -0.2) is 0 Å². The molecule has 76 valence electrons. The standard InChI is InChI=1S/C10H9N3O2/c1-15-10(12)13-9(14)8-4-2-7(6-11)3-5-8/h2-5H,1H3,(H2,12,13,14). The molecule has 0 heterocycles. The second kappa shape index (κ2) is 4.77. The molecule has 15 heavy (non-hydrogen) atoms. The zero-order chi connectivity index (χ0) is 11.3. The zero-order valence-electron chi connectivity index (χ0n) is 8.07. The van der Waals surface area contributed by atoms with E-state index in [9.17, 15) is 4.79 Å².